The molecule has 1 saturated carbocycles. The van der Waals surface area contributed by atoms with Gasteiger partial charge in [0.2, 0.25) is 5.91 Å². The van der Waals surface area contributed by atoms with Crippen molar-refractivity contribution < 1.29 is 27.9 Å². The number of rotatable bonds is 8. The number of benzene rings is 2. The third-order valence-electron chi connectivity index (χ3n) is 6.31. The number of hydrogen-bond donors (Lipinski definition) is 2. The maximum absolute atomic E-state index is 13.6. The third kappa shape index (κ3) is 6.21. The number of alkyl halides is 3. The van der Waals surface area contributed by atoms with Gasteiger partial charge in [-0.3, -0.25) is 9.59 Å². The molecule has 1 aliphatic carbocycles. The predicted octanol–water partition coefficient (Wildman–Crippen LogP) is 6.96. The number of aliphatic carboxylic acids is 1. The van der Waals surface area contributed by atoms with Gasteiger partial charge in [0.25, 0.3) is 0 Å². The van der Waals surface area contributed by atoms with E-state index in [1.165, 1.54) is 36.4 Å². The van der Waals surface area contributed by atoms with Gasteiger partial charge in [-0.2, -0.15) is 13.2 Å². The lowest BCUT2D eigenvalue weighted by molar-refractivity contribution is -0.178. The monoisotopic (exact) mass is 501 g/mol. The van der Waals surface area contributed by atoms with Crippen LogP contribution >= 0.6 is 23.2 Å². The zero-order chi connectivity index (χ0) is 24.3. The van der Waals surface area contributed by atoms with Crippen LogP contribution in [0.3, 0.4) is 0 Å². The Hall–Kier alpha value is -2.25. The number of carbonyl (C=O) groups excluding carboxylic acids is 1. The molecule has 9 heteroatoms. The van der Waals surface area contributed by atoms with Crippen LogP contribution in [-0.2, 0) is 16.0 Å². The zero-order valence-electron chi connectivity index (χ0n) is 17.8. The molecule has 4 nitrogen and oxygen atoms in total. The summed E-state index contributed by atoms with van der Waals surface area (Å²) in [7, 11) is 0. The highest BCUT2D eigenvalue weighted by Crippen LogP contribution is 2.39. The van der Waals surface area contributed by atoms with E-state index in [-0.39, 0.29) is 28.6 Å². The first kappa shape index (κ1) is 25.4. The fraction of sp³-hybridized carbons (Fsp3) is 0.417. The van der Waals surface area contributed by atoms with Crippen molar-refractivity contribution in [1.82, 2.24) is 0 Å². The standard InChI is InChI=1S/C24H24Cl2F3NO3/c1-13(24(27,28)29)21(16-6-8-17(25)9-7-16)22(31)30-20-12-14(5-10-19(20)26)11-18(23(32)33)15-3-2-4-15/h5-10,12-13,15,18,21H,2-4,11H2,1H3,(H,30,31)(H,32,33). The molecule has 2 N–H and O–H groups in total. The van der Waals surface area contributed by atoms with Crippen molar-refractivity contribution in [1.29, 1.82) is 0 Å². The van der Waals surface area contributed by atoms with Crippen LogP contribution in [0, 0.1) is 17.8 Å². The molecule has 1 amide bonds. The number of anilines is 1. The van der Waals surface area contributed by atoms with E-state index in [0.717, 1.165) is 26.2 Å². The number of nitrogens with one attached hydrogen (secondary N) is 1. The molecule has 0 aromatic heterocycles. The second kappa shape index (κ2) is 10.3. The second-order valence-corrected chi connectivity index (χ2v) is 9.35. The SMILES string of the molecule is CC(C(C(=O)Nc1cc(CC(C(=O)O)C2CCC2)ccc1Cl)c1ccc(Cl)cc1)C(F)(F)F. The highest BCUT2D eigenvalue weighted by Gasteiger charge is 2.45. The van der Waals surface area contributed by atoms with E-state index in [2.05, 4.69) is 5.32 Å². The average molecular weight is 502 g/mol. The van der Waals surface area contributed by atoms with Gasteiger partial charge in [-0.25, -0.2) is 0 Å². The molecule has 2 aromatic rings. The molecule has 1 fully saturated rings. The minimum Gasteiger partial charge on any atom is -0.481 e. The minimum absolute atomic E-state index is 0.0955. The van der Waals surface area contributed by atoms with Crippen molar-refractivity contribution in [3.05, 3.63) is 63.6 Å². The Morgan fingerprint density at radius 3 is 2.27 bits per heavy atom. The van der Waals surface area contributed by atoms with Crippen LogP contribution < -0.4 is 5.32 Å². The number of amides is 1. The number of hydrogen-bond acceptors (Lipinski definition) is 2. The molecule has 0 saturated heterocycles. The van der Waals surface area contributed by atoms with Crippen molar-refractivity contribution in [2.45, 2.75) is 44.7 Å². The molecule has 0 aliphatic heterocycles. The van der Waals surface area contributed by atoms with Crippen molar-refractivity contribution >= 4 is 40.8 Å². The van der Waals surface area contributed by atoms with E-state index in [4.69, 9.17) is 23.2 Å². The van der Waals surface area contributed by atoms with Crippen LogP contribution in [0.25, 0.3) is 0 Å². The molecule has 3 unspecified atom stereocenters. The summed E-state index contributed by atoms with van der Waals surface area (Å²) < 4.78 is 40.7. The first-order valence-electron chi connectivity index (χ1n) is 10.6. The Bertz CT molecular complexity index is 1010. The van der Waals surface area contributed by atoms with Crippen LogP contribution in [0.15, 0.2) is 42.5 Å². The molecule has 0 bridgehead atoms. The van der Waals surface area contributed by atoms with Crippen molar-refractivity contribution in [2.75, 3.05) is 5.32 Å². The van der Waals surface area contributed by atoms with Crippen LogP contribution in [0.1, 0.15) is 43.2 Å². The summed E-state index contributed by atoms with van der Waals surface area (Å²) in [6, 6.07) is 10.4. The normalized spacial score (nSPS) is 17.0. The summed E-state index contributed by atoms with van der Waals surface area (Å²) in [4.78, 5) is 24.7. The van der Waals surface area contributed by atoms with E-state index < -0.39 is 35.8 Å². The molecule has 3 atom stereocenters. The number of halogens is 5. The molecule has 1 aliphatic rings. The quantitative estimate of drug-likeness (QED) is 0.410. The molecule has 0 spiro atoms. The van der Waals surface area contributed by atoms with Gasteiger partial charge in [0.15, 0.2) is 0 Å². The van der Waals surface area contributed by atoms with Crippen molar-refractivity contribution in [3.63, 3.8) is 0 Å². The number of carbonyl (C=O) groups is 2. The summed E-state index contributed by atoms with van der Waals surface area (Å²) in [6.07, 6.45) is -1.65. The second-order valence-electron chi connectivity index (χ2n) is 8.50. The highest BCUT2D eigenvalue weighted by atomic mass is 35.5. The molecule has 3 rings (SSSR count). The van der Waals surface area contributed by atoms with Crippen molar-refractivity contribution in [2.24, 2.45) is 17.8 Å². The van der Waals surface area contributed by atoms with Gasteiger partial charge in [-0.05, 0) is 60.6 Å². The first-order valence-corrected chi connectivity index (χ1v) is 11.4. The van der Waals surface area contributed by atoms with Crippen LogP contribution in [0.4, 0.5) is 18.9 Å². The molecule has 0 heterocycles. The molecule has 178 valence electrons. The summed E-state index contributed by atoms with van der Waals surface area (Å²) in [5, 5.41) is 12.6. The molecular weight excluding hydrogens is 478 g/mol. The topological polar surface area (TPSA) is 66.4 Å². The highest BCUT2D eigenvalue weighted by molar-refractivity contribution is 6.33. The lowest BCUT2D eigenvalue weighted by Gasteiger charge is -2.31. The molecule has 33 heavy (non-hydrogen) atoms. The lowest BCUT2D eigenvalue weighted by atomic mass is 9.73. The smallest absolute Gasteiger partial charge is 0.392 e. The third-order valence-corrected chi connectivity index (χ3v) is 6.89. The largest absolute Gasteiger partial charge is 0.481 e. The van der Waals surface area contributed by atoms with Gasteiger partial charge in [0.05, 0.1) is 28.5 Å². The maximum Gasteiger partial charge on any atom is 0.392 e. The van der Waals surface area contributed by atoms with Gasteiger partial charge in [0.1, 0.15) is 0 Å². The van der Waals surface area contributed by atoms with Crippen LogP contribution in [0.5, 0.6) is 0 Å². The number of carboxylic acids is 1. The molecular formula is C24H24Cl2F3NO3. The summed E-state index contributed by atoms with van der Waals surface area (Å²) in [6.45, 7) is 0.951. The Morgan fingerprint density at radius 1 is 1.12 bits per heavy atom. The Balaban J connectivity index is 1.86. The summed E-state index contributed by atoms with van der Waals surface area (Å²) in [5.74, 6) is -5.70. The zero-order valence-corrected chi connectivity index (χ0v) is 19.3. The van der Waals surface area contributed by atoms with E-state index in [9.17, 15) is 27.9 Å². The van der Waals surface area contributed by atoms with Gasteiger partial charge in [0, 0.05) is 5.02 Å². The van der Waals surface area contributed by atoms with Gasteiger partial charge >= 0.3 is 12.1 Å². The lowest BCUT2D eigenvalue weighted by Crippen LogP contribution is -2.34. The Kier molecular flexibility index (Phi) is 7.96. The molecule has 2 aromatic carbocycles. The van der Waals surface area contributed by atoms with Crippen molar-refractivity contribution in [3.8, 4) is 0 Å². The van der Waals surface area contributed by atoms with E-state index in [0.29, 0.717) is 10.6 Å². The predicted molar refractivity (Wildman–Crippen MR) is 122 cm³/mol. The first-order chi connectivity index (χ1) is 15.5. The Labute approximate surface area is 200 Å². The van der Waals surface area contributed by atoms with Gasteiger partial charge in [-0.15, -0.1) is 0 Å². The summed E-state index contributed by atoms with van der Waals surface area (Å²) in [5.41, 5.74) is 0.955. The minimum atomic E-state index is -4.61. The average Bonchev–Trinajstić information content (AvgIpc) is 2.69. The van der Waals surface area contributed by atoms with Crippen LogP contribution in [-0.4, -0.2) is 23.2 Å². The van der Waals surface area contributed by atoms with E-state index >= 15 is 0 Å². The Morgan fingerprint density at radius 2 is 1.76 bits per heavy atom. The summed E-state index contributed by atoms with van der Waals surface area (Å²) >= 11 is 12.1. The fourth-order valence-electron chi connectivity index (χ4n) is 4.08. The maximum atomic E-state index is 13.6. The van der Waals surface area contributed by atoms with Gasteiger partial charge in [-0.1, -0.05) is 54.7 Å². The van der Waals surface area contributed by atoms with E-state index in [1.54, 1.807) is 6.07 Å². The van der Waals surface area contributed by atoms with E-state index in [1.807, 2.05) is 0 Å². The number of carboxylic acid groups (broad SMARTS) is 1. The fourth-order valence-corrected chi connectivity index (χ4v) is 4.37. The van der Waals surface area contributed by atoms with Crippen LogP contribution in [0.2, 0.25) is 10.0 Å². The molecule has 0 radical (unpaired) electrons. The van der Waals surface area contributed by atoms with Gasteiger partial charge < -0.3 is 10.4 Å².